The molecule has 21 unspecified atom stereocenters. The van der Waals surface area contributed by atoms with Crippen LogP contribution in [0.1, 0.15) is 116 Å². The number of carboxylic acid groups (broad SMARTS) is 1. The van der Waals surface area contributed by atoms with E-state index in [0.29, 0.717) is 64.3 Å². The molecule has 1 aromatic heterocycles. The number of fused-ring (bicyclic) bond motifs is 2. The summed E-state index contributed by atoms with van der Waals surface area (Å²) in [6.45, 7) is 8.08. The van der Waals surface area contributed by atoms with Gasteiger partial charge in [-0.15, -0.1) is 0 Å². The molecule has 1 amide bonds. The van der Waals surface area contributed by atoms with Crippen molar-refractivity contribution in [3.05, 3.63) is 41.5 Å². The van der Waals surface area contributed by atoms with Crippen LogP contribution in [0.2, 0.25) is 0 Å². The molecular formula is C51H76N4O12. The number of imidazole rings is 1. The molecule has 3 heterocycles. The Balaban J connectivity index is 1.19. The molecule has 16 heteroatoms. The second kappa shape index (κ2) is 16.4. The number of carbonyl (C=O) groups is 2. The minimum absolute atomic E-state index is 0.0124. The molecule has 0 aromatic carbocycles. The van der Waals surface area contributed by atoms with Crippen molar-refractivity contribution in [1.82, 2.24) is 15.3 Å². The molecule has 12 N–H and O–H groups in total. The summed E-state index contributed by atoms with van der Waals surface area (Å²) in [7, 11) is 0. The number of aliphatic hydroxyl groups is 7. The van der Waals surface area contributed by atoms with Crippen LogP contribution in [0.3, 0.4) is 0 Å². The highest BCUT2D eigenvalue weighted by molar-refractivity contribution is 5.82. The number of amides is 1. The SMILES string of the molecule is CC1(CO)CCC2(C(=O)O)CCC34CCC5=CC(C6C(CO)C(=O)NC6C(CCCN)c6cnc[nH]6)C6C(O)C(OC7OCC(O)C(O)C7O)C(C)(CO)C7CCC3(C)C5(CC=C4C2C1)C67C. The Morgan fingerprint density at radius 2 is 1.76 bits per heavy atom. The van der Waals surface area contributed by atoms with Crippen molar-refractivity contribution in [2.45, 2.75) is 154 Å². The first-order valence-corrected chi connectivity index (χ1v) is 25.3. The van der Waals surface area contributed by atoms with Crippen LogP contribution in [0.5, 0.6) is 0 Å². The van der Waals surface area contributed by atoms with Crippen molar-refractivity contribution in [3.8, 4) is 0 Å². The lowest BCUT2D eigenvalue weighted by Gasteiger charge is -2.82. The number of aromatic nitrogens is 2. The first-order chi connectivity index (χ1) is 31.8. The van der Waals surface area contributed by atoms with Crippen LogP contribution in [0.25, 0.3) is 0 Å². The number of nitrogens with zero attached hydrogens (tertiary/aromatic N) is 1. The lowest BCUT2D eigenvalue weighted by atomic mass is 9.22. The lowest BCUT2D eigenvalue weighted by molar-refractivity contribution is -0.358. The second-order valence-corrected chi connectivity index (χ2v) is 23.9. The Morgan fingerprint density at radius 3 is 2.43 bits per heavy atom. The third kappa shape index (κ3) is 6.09. The van der Waals surface area contributed by atoms with E-state index >= 15 is 0 Å². The van der Waals surface area contributed by atoms with Gasteiger partial charge < -0.3 is 66.4 Å². The molecule has 10 rings (SSSR count). The summed E-state index contributed by atoms with van der Waals surface area (Å²) < 4.78 is 12.6. The fraction of sp³-hybridized carbons (Fsp3) is 0.824. The van der Waals surface area contributed by atoms with Gasteiger partial charge in [-0.2, -0.15) is 0 Å². The fourth-order valence-corrected chi connectivity index (χ4v) is 18.6. The number of allylic oxidation sites excluding steroid dienone is 4. The maximum Gasteiger partial charge on any atom is 0.310 e. The van der Waals surface area contributed by atoms with Crippen LogP contribution in [0.4, 0.5) is 0 Å². The Labute approximate surface area is 393 Å². The van der Waals surface area contributed by atoms with Gasteiger partial charge in [0.25, 0.3) is 0 Å². The normalized spacial score (nSPS) is 51.3. The molecule has 2 bridgehead atoms. The number of nitrogens with two attached hydrogens (primary N) is 1. The van der Waals surface area contributed by atoms with Crippen LogP contribution in [-0.4, -0.2) is 139 Å². The molecule has 67 heavy (non-hydrogen) atoms. The van der Waals surface area contributed by atoms with E-state index in [0.717, 1.165) is 25.0 Å². The van der Waals surface area contributed by atoms with Crippen molar-refractivity contribution < 1.29 is 59.9 Å². The molecule has 0 radical (unpaired) electrons. The Morgan fingerprint density at radius 1 is 1.00 bits per heavy atom. The third-order valence-electron chi connectivity index (χ3n) is 21.8. The summed E-state index contributed by atoms with van der Waals surface area (Å²) in [5.41, 5.74) is 4.75. The van der Waals surface area contributed by atoms with Gasteiger partial charge in [-0.25, -0.2) is 4.98 Å². The van der Waals surface area contributed by atoms with Crippen LogP contribution < -0.4 is 11.1 Å². The maximum atomic E-state index is 14.3. The highest BCUT2D eigenvalue weighted by Gasteiger charge is 2.83. The molecule has 9 aliphatic rings. The number of carboxylic acids is 1. The van der Waals surface area contributed by atoms with Crippen LogP contribution in [-0.2, 0) is 19.1 Å². The van der Waals surface area contributed by atoms with E-state index in [1.807, 2.05) is 6.92 Å². The standard InChI is InChI=1S/C51H76N4O12/c1-45(23-57)13-14-49(44(64)65)15-16-50-11-7-26-18-28(35-29(21-56)42(63)55-37(35)27(6-5-17-52)32-20-53-25-54-32)36-39(61)41(67-43-40(62)38(60)33(59)22-66-43)46(2,24-58)34-9-10-47(50,3)51(26,48(34,36)4)12-8-30(50)31(49)19-45/h8,18,20,25,27-29,31,33-41,43,56-62H,5-7,9-17,19,21-24,52H2,1-4H3,(H,53,54)(H,55,63)(H,64,65). The van der Waals surface area contributed by atoms with Gasteiger partial charge in [-0.05, 0) is 123 Å². The van der Waals surface area contributed by atoms with Gasteiger partial charge in [0, 0.05) is 53.1 Å². The van der Waals surface area contributed by atoms with E-state index in [2.05, 4.69) is 48.2 Å². The Kier molecular flexibility index (Phi) is 11.7. The summed E-state index contributed by atoms with van der Waals surface area (Å²) in [6, 6.07) is -0.496. The van der Waals surface area contributed by atoms with E-state index in [-0.39, 0.29) is 48.9 Å². The van der Waals surface area contributed by atoms with Crippen molar-refractivity contribution in [2.24, 2.45) is 79.1 Å². The van der Waals surface area contributed by atoms with Crippen molar-refractivity contribution in [3.63, 3.8) is 0 Å². The van der Waals surface area contributed by atoms with Crippen molar-refractivity contribution in [2.75, 3.05) is 33.0 Å². The van der Waals surface area contributed by atoms with Crippen LogP contribution in [0, 0.1) is 73.4 Å². The number of nitrogens with one attached hydrogen (secondary N) is 2. The van der Waals surface area contributed by atoms with Gasteiger partial charge in [0.05, 0.1) is 49.7 Å². The number of hydrogen-bond donors (Lipinski definition) is 11. The average molecular weight is 937 g/mol. The highest BCUT2D eigenvalue weighted by atomic mass is 16.7. The molecule has 16 nitrogen and oxygen atoms in total. The number of hydrogen-bond acceptors (Lipinski definition) is 13. The van der Waals surface area contributed by atoms with Crippen molar-refractivity contribution in [1.29, 1.82) is 0 Å². The molecule has 7 aliphatic carbocycles. The van der Waals surface area contributed by atoms with E-state index < -0.39 is 112 Å². The zero-order valence-corrected chi connectivity index (χ0v) is 39.6. The molecule has 2 spiro atoms. The number of rotatable bonds is 12. The molecule has 21 atom stereocenters. The summed E-state index contributed by atoms with van der Waals surface area (Å²) in [5, 5.41) is 94.6. The number of aliphatic carboxylic acids is 1. The molecule has 1 aromatic rings. The first-order valence-electron chi connectivity index (χ1n) is 25.3. The summed E-state index contributed by atoms with van der Waals surface area (Å²) >= 11 is 0. The summed E-state index contributed by atoms with van der Waals surface area (Å²) in [5.74, 6) is -4.36. The molecule has 2 aliphatic heterocycles. The summed E-state index contributed by atoms with van der Waals surface area (Å²) in [6.07, 6.45) is 7.42. The smallest absolute Gasteiger partial charge is 0.310 e. The predicted molar refractivity (Wildman–Crippen MR) is 242 cm³/mol. The van der Waals surface area contributed by atoms with E-state index in [9.17, 15) is 50.4 Å². The second-order valence-electron chi connectivity index (χ2n) is 23.9. The zero-order chi connectivity index (χ0) is 47.9. The molecule has 2 saturated heterocycles. The monoisotopic (exact) mass is 937 g/mol. The molecule has 7 fully saturated rings. The topological polar surface area (TPSA) is 281 Å². The van der Waals surface area contributed by atoms with Crippen molar-refractivity contribution >= 4 is 11.9 Å². The van der Waals surface area contributed by atoms with Gasteiger partial charge in [-0.1, -0.05) is 51.0 Å². The van der Waals surface area contributed by atoms with E-state index in [1.54, 1.807) is 12.5 Å². The Bertz CT molecular complexity index is 2160. The average Bonchev–Trinajstić information content (AvgIpc) is 3.96. The van der Waals surface area contributed by atoms with E-state index in [1.165, 1.54) is 11.1 Å². The van der Waals surface area contributed by atoms with Gasteiger partial charge >= 0.3 is 5.97 Å². The quantitative estimate of drug-likeness (QED) is 0.106. The molecular weight excluding hydrogens is 861 g/mol. The number of aromatic amines is 1. The van der Waals surface area contributed by atoms with Crippen LogP contribution >= 0.6 is 0 Å². The minimum atomic E-state index is -1.65. The molecule has 372 valence electrons. The number of H-pyrrole nitrogens is 1. The number of carbonyl (C=O) groups excluding carboxylic acids is 1. The van der Waals surface area contributed by atoms with Gasteiger partial charge in [0.2, 0.25) is 5.91 Å². The fourth-order valence-electron chi connectivity index (χ4n) is 18.6. The van der Waals surface area contributed by atoms with Gasteiger partial charge in [0.1, 0.15) is 18.3 Å². The first kappa shape index (κ1) is 47.9. The number of ether oxygens (including phenoxy) is 2. The predicted octanol–water partition coefficient (Wildman–Crippen LogP) is 2.51. The number of aliphatic hydroxyl groups excluding tert-OH is 7. The zero-order valence-electron chi connectivity index (χ0n) is 39.6. The van der Waals surface area contributed by atoms with Gasteiger partial charge in [-0.3, -0.25) is 9.59 Å². The van der Waals surface area contributed by atoms with Gasteiger partial charge in [0.15, 0.2) is 6.29 Å². The maximum absolute atomic E-state index is 14.3. The van der Waals surface area contributed by atoms with Crippen LogP contribution in [0.15, 0.2) is 35.8 Å². The largest absolute Gasteiger partial charge is 0.481 e. The lowest BCUT2D eigenvalue weighted by Crippen LogP contribution is -2.79. The Hall–Kier alpha value is -2.77. The summed E-state index contributed by atoms with van der Waals surface area (Å²) in [4.78, 5) is 35.6. The third-order valence-corrected chi connectivity index (χ3v) is 21.8. The highest BCUT2D eigenvalue weighted by Crippen LogP contribution is 2.87. The molecule has 5 saturated carbocycles. The van der Waals surface area contributed by atoms with E-state index in [4.69, 9.17) is 15.2 Å². The minimum Gasteiger partial charge on any atom is -0.481 e.